The first-order valence-electron chi connectivity index (χ1n) is 10.6. The Balaban J connectivity index is 1.69. The Morgan fingerprint density at radius 3 is 2.79 bits per heavy atom. The SMILES string of the molecule is CC[S+]([O-])c1ccc(CC(=O)Nc2cc(C)c3c(n2)CCC(/C=N/C(O)=C\C=N)C3=O)cc1. The van der Waals surface area contributed by atoms with Gasteiger partial charge in [0.15, 0.2) is 10.7 Å². The van der Waals surface area contributed by atoms with Crippen LogP contribution in [0.5, 0.6) is 0 Å². The molecule has 33 heavy (non-hydrogen) atoms. The molecule has 2 unspecified atom stereocenters. The Morgan fingerprint density at radius 2 is 2.12 bits per heavy atom. The highest BCUT2D eigenvalue weighted by Gasteiger charge is 2.29. The van der Waals surface area contributed by atoms with Gasteiger partial charge >= 0.3 is 0 Å². The average molecular weight is 467 g/mol. The highest BCUT2D eigenvalue weighted by Crippen LogP contribution is 2.28. The van der Waals surface area contributed by atoms with Crippen molar-refractivity contribution in [3.05, 3.63) is 64.7 Å². The summed E-state index contributed by atoms with van der Waals surface area (Å²) < 4.78 is 11.8. The van der Waals surface area contributed by atoms with E-state index in [4.69, 9.17) is 5.41 Å². The number of ketones is 1. The lowest BCUT2D eigenvalue weighted by Gasteiger charge is -2.22. The fourth-order valence-electron chi connectivity index (χ4n) is 3.65. The van der Waals surface area contributed by atoms with Gasteiger partial charge in [-0.2, -0.15) is 0 Å². The lowest BCUT2D eigenvalue weighted by atomic mass is 9.84. The topological polar surface area (TPSA) is 139 Å². The predicted octanol–water partition coefficient (Wildman–Crippen LogP) is 3.56. The van der Waals surface area contributed by atoms with E-state index in [-0.39, 0.29) is 24.0 Å². The number of rotatable bonds is 8. The molecule has 1 heterocycles. The quantitative estimate of drug-likeness (QED) is 0.310. The number of aryl methyl sites for hydroxylation is 2. The molecular weight excluding hydrogens is 440 g/mol. The number of fused-ring (bicyclic) bond motifs is 1. The number of aromatic nitrogens is 1. The number of aliphatic imine (C=N–C) groups is 1. The van der Waals surface area contributed by atoms with E-state index in [1.165, 1.54) is 6.21 Å². The number of nitrogens with one attached hydrogen (secondary N) is 2. The fourth-order valence-corrected chi connectivity index (χ4v) is 4.43. The maximum absolute atomic E-state index is 12.9. The second kappa shape index (κ2) is 11.0. The Hall–Kier alpha value is -3.30. The van der Waals surface area contributed by atoms with Gasteiger partial charge in [0.1, 0.15) is 11.6 Å². The number of amides is 1. The van der Waals surface area contributed by atoms with E-state index < -0.39 is 17.1 Å². The van der Waals surface area contributed by atoms with Crippen molar-refractivity contribution in [2.45, 2.75) is 38.0 Å². The van der Waals surface area contributed by atoms with E-state index in [0.29, 0.717) is 41.2 Å². The molecule has 0 fully saturated rings. The Kier molecular flexibility index (Phi) is 8.13. The second-order valence-corrected chi connectivity index (χ2v) is 9.37. The van der Waals surface area contributed by atoms with Crippen molar-refractivity contribution in [3.63, 3.8) is 0 Å². The Labute approximate surface area is 195 Å². The monoisotopic (exact) mass is 466 g/mol. The number of benzene rings is 1. The number of Topliss-reactive ketones (excluding diaryl/α,β-unsaturated/α-hetero) is 1. The van der Waals surface area contributed by atoms with Crippen molar-refractivity contribution in [3.8, 4) is 0 Å². The molecule has 0 saturated heterocycles. The zero-order valence-electron chi connectivity index (χ0n) is 18.5. The molecule has 0 spiro atoms. The van der Waals surface area contributed by atoms with Crippen molar-refractivity contribution in [2.24, 2.45) is 10.9 Å². The zero-order valence-corrected chi connectivity index (χ0v) is 19.3. The first-order chi connectivity index (χ1) is 15.8. The molecule has 8 nitrogen and oxygen atoms in total. The number of hydrogen-bond acceptors (Lipinski definition) is 7. The van der Waals surface area contributed by atoms with Gasteiger partial charge < -0.3 is 20.4 Å². The molecule has 3 rings (SSSR count). The van der Waals surface area contributed by atoms with Crippen LogP contribution in [0.3, 0.4) is 0 Å². The van der Waals surface area contributed by atoms with Crippen LogP contribution in [0.1, 0.15) is 40.5 Å². The molecule has 3 N–H and O–H groups in total. The van der Waals surface area contributed by atoms with E-state index in [1.807, 2.05) is 6.92 Å². The van der Waals surface area contributed by atoms with Gasteiger partial charge in [0.2, 0.25) is 11.8 Å². The predicted molar refractivity (Wildman–Crippen MR) is 129 cm³/mol. The Morgan fingerprint density at radius 1 is 1.39 bits per heavy atom. The summed E-state index contributed by atoms with van der Waals surface area (Å²) in [5.74, 6) is -0.230. The number of aliphatic hydroxyl groups is 1. The summed E-state index contributed by atoms with van der Waals surface area (Å²) in [6.07, 6.45) is 4.62. The van der Waals surface area contributed by atoms with Gasteiger partial charge in [0.05, 0.1) is 18.0 Å². The zero-order chi connectivity index (χ0) is 24.0. The molecule has 1 amide bonds. The molecule has 1 aliphatic rings. The minimum atomic E-state index is -1.03. The van der Waals surface area contributed by atoms with E-state index in [1.54, 1.807) is 37.3 Å². The number of pyridine rings is 1. The number of hydrogen-bond donors (Lipinski definition) is 3. The molecule has 9 heteroatoms. The van der Waals surface area contributed by atoms with E-state index >= 15 is 0 Å². The lowest BCUT2D eigenvalue weighted by molar-refractivity contribution is -0.115. The van der Waals surface area contributed by atoms with E-state index in [0.717, 1.165) is 22.7 Å². The number of nitrogens with zero attached hydrogens (tertiary/aromatic N) is 2. The third-order valence-electron chi connectivity index (χ3n) is 5.27. The summed E-state index contributed by atoms with van der Waals surface area (Å²) in [5.41, 5.74) is 2.66. The minimum absolute atomic E-state index is 0.130. The Bertz CT molecular complexity index is 1110. The molecule has 0 aliphatic heterocycles. The maximum atomic E-state index is 12.9. The van der Waals surface area contributed by atoms with Crippen LogP contribution in [0.4, 0.5) is 5.82 Å². The maximum Gasteiger partial charge on any atom is 0.229 e. The van der Waals surface area contributed by atoms with Gasteiger partial charge in [-0.25, -0.2) is 9.98 Å². The number of anilines is 1. The lowest BCUT2D eigenvalue weighted by Crippen LogP contribution is -2.26. The van der Waals surface area contributed by atoms with Crippen molar-refractivity contribution in [1.82, 2.24) is 4.98 Å². The molecule has 1 aromatic heterocycles. The van der Waals surface area contributed by atoms with Crippen molar-refractivity contribution >= 4 is 41.1 Å². The largest absolute Gasteiger partial charge is 0.611 e. The highest BCUT2D eigenvalue weighted by molar-refractivity contribution is 7.91. The van der Waals surface area contributed by atoms with Gasteiger partial charge in [-0.1, -0.05) is 12.1 Å². The van der Waals surface area contributed by atoms with Gasteiger partial charge in [-0.3, -0.25) is 9.59 Å². The number of allylic oxidation sites excluding steroid dienone is 1. The summed E-state index contributed by atoms with van der Waals surface area (Å²) in [7, 11) is 0. The van der Waals surface area contributed by atoms with Crippen molar-refractivity contribution in [1.29, 1.82) is 5.41 Å². The smallest absolute Gasteiger partial charge is 0.229 e. The molecule has 1 aromatic carbocycles. The van der Waals surface area contributed by atoms with E-state index in [2.05, 4.69) is 15.3 Å². The molecule has 0 bridgehead atoms. The van der Waals surface area contributed by atoms with Gasteiger partial charge in [-0.15, -0.1) is 0 Å². The standard InChI is InChI=1S/C24H26N4O4S/c1-3-33(32)18-7-4-16(5-8-18)13-22(30)28-20-12-15(2)23-19(27-20)9-6-17(24(23)31)14-26-21(29)10-11-25/h4-5,7-8,10-12,14,17,25,29H,3,6,9,13H2,1-2H3,(H,27,28,30)/b21-10+,25-11?,26-14+. The normalized spacial score (nSPS) is 17.0. The molecule has 2 aromatic rings. The molecular formula is C24H26N4O4S. The van der Waals surface area contributed by atoms with Crippen LogP contribution in [0, 0.1) is 18.3 Å². The van der Waals surface area contributed by atoms with Crippen LogP contribution in [-0.4, -0.2) is 44.5 Å². The third-order valence-corrected chi connectivity index (χ3v) is 6.59. The van der Waals surface area contributed by atoms with Crippen molar-refractivity contribution < 1.29 is 19.2 Å². The highest BCUT2D eigenvalue weighted by atomic mass is 32.2. The van der Waals surface area contributed by atoms with Crippen LogP contribution in [0.25, 0.3) is 0 Å². The van der Waals surface area contributed by atoms with Gasteiger partial charge in [0, 0.05) is 24.1 Å². The minimum Gasteiger partial charge on any atom is -0.611 e. The molecule has 0 radical (unpaired) electrons. The summed E-state index contributed by atoms with van der Waals surface area (Å²) in [4.78, 5) is 34.5. The van der Waals surface area contributed by atoms with Crippen LogP contribution < -0.4 is 5.32 Å². The summed E-state index contributed by atoms with van der Waals surface area (Å²) >= 11 is -1.03. The van der Waals surface area contributed by atoms with Crippen LogP contribution >= 0.6 is 0 Å². The third kappa shape index (κ3) is 6.15. The molecule has 0 saturated carbocycles. The van der Waals surface area contributed by atoms with Crippen LogP contribution in [-0.2, 0) is 28.8 Å². The number of carbonyl (C=O) groups is 2. The first-order valence-corrected chi connectivity index (χ1v) is 11.9. The molecule has 172 valence electrons. The fraction of sp³-hybridized carbons (Fsp3) is 0.292. The summed E-state index contributed by atoms with van der Waals surface area (Å²) in [5, 5.41) is 19.3. The van der Waals surface area contributed by atoms with Gasteiger partial charge in [-0.05, 0) is 67.2 Å². The van der Waals surface area contributed by atoms with E-state index in [9.17, 15) is 19.2 Å². The summed E-state index contributed by atoms with van der Waals surface area (Å²) in [6.45, 7) is 3.65. The number of aliphatic hydroxyl groups excluding tert-OH is 1. The van der Waals surface area contributed by atoms with Crippen molar-refractivity contribution in [2.75, 3.05) is 11.1 Å². The summed E-state index contributed by atoms with van der Waals surface area (Å²) in [6, 6.07) is 8.81. The second-order valence-electron chi connectivity index (χ2n) is 7.63. The molecule has 1 aliphatic carbocycles. The van der Waals surface area contributed by atoms with Gasteiger partial charge in [0.25, 0.3) is 0 Å². The number of carbonyl (C=O) groups excluding carboxylic acids is 2. The van der Waals surface area contributed by atoms with Crippen LogP contribution in [0.15, 0.2) is 52.2 Å². The first kappa shape index (κ1) is 24.3. The molecule has 2 atom stereocenters. The average Bonchev–Trinajstić information content (AvgIpc) is 2.78. The van der Waals surface area contributed by atoms with Crippen LogP contribution in [0.2, 0.25) is 0 Å².